The number of ether oxygens (including phenoxy) is 2. The maximum Gasteiger partial charge on any atom is 0.356 e. The first-order valence-corrected chi connectivity index (χ1v) is 6.79. The van der Waals surface area contributed by atoms with Crippen molar-refractivity contribution >= 4 is 27.8 Å². The highest BCUT2D eigenvalue weighted by atomic mass is 16.5. The van der Waals surface area contributed by atoms with E-state index in [9.17, 15) is 4.79 Å². The van der Waals surface area contributed by atoms with E-state index >= 15 is 0 Å². The Balaban J connectivity index is 2.25. The molecule has 0 fully saturated rings. The number of benzene rings is 1. The van der Waals surface area contributed by atoms with Crippen LogP contribution in [0.1, 0.15) is 17.4 Å². The summed E-state index contributed by atoms with van der Waals surface area (Å²) in [5.41, 5.74) is 2.31. The molecule has 0 N–H and O–H groups in total. The van der Waals surface area contributed by atoms with Gasteiger partial charge in [0.05, 0.1) is 23.8 Å². The summed E-state index contributed by atoms with van der Waals surface area (Å²) in [6.07, 6.45) is 1.70. The molecule has 0 aliphatic rings. The molecule has 0 saturated carbocycles. The summed E-state index contributed by atoms with van der Waals surface area (Å²) in [4.78, 5) is 16.1. The molecule has 1 aromatic carbocycles. The summed E-state index contributed by atoms with van der Waals surface area (Å²) in [6, 6.07) is 9.79. The van der Waals surface area contributed by atoms with E-state index in [4.69, 9.17) is 9.47 Å². The highest BCUT2D eigenvalue weighted by molar-refractivity contribution is 6.09. The Bertz CT molecular complexity index is 808. The van der Waals surface area contributed by atoms with E-state index in [-0.39, 0.29) is 0 Å². The molecule has 0 radical (unpaired) electrons. The molecule has 5 nitrogen and oxygen atoms in total. The SMILES string of the molecule is CCOC(=O)c1cc2c3ccccc3n(COC)c2cn1. The van der Waals surface area contributed by atoms with Crippen molar-refractivity contribution in [3.8, 4) is 0 Å². The Labute approximate surface area is 122 Å². The van der Waals surface area contributed by atoms with Crippen LogP contribution in [-0.2, 0) is 16.2 Å². The van der Waals surface area contributed by atoms with Gasteiger partial charge in [-0.3, -0.25) is 0 Å². The molecule has 21 heavy (non-hydrogen) atoms. The molecule has 3 rings (SSSR count). The van der Waals surface area contributed by atoms with Gasteiger partial charge in [0.1, 0.15) is 12.4 Å². The summed E-state index contributed by atoms with van der Waals surface area (Å²) >= 11 is 0. The first-order chi connectivity index (χ1) is 10.3. The van der Waals surface area contributed by atoms with Gasteiger partial charge in [-0.1, -0.05) is 18.2 Å². The van der Waals surface area contributed by atoms with Crippen molar-refractivity contribution in [3.05, 3.63) is 42.2 Å². The van der Waals surface area contributed by atoms with E-state index in [0.29, 0.717) is 19.0 Å². The number of nitrogens with zero attached hydrogens (tertiary/aromatic N) is 2. The Hall–Kier alpha value is -2.40. The van der Waals surface area contributed by atoms with E-state index in [2.05, 4.69) is 4.98 Å². The standard InChI is InChI=1S/C16H16N2O3/c1-3-21-16(19)13-8-12-11-6-4-5-7-14(11)18(10-20-2)15(12)9-17-13/h4-9H,3,10H2,1-2H3. The van der Waals surface area contributed by atoms with E-state index in [1.807, 2.05) is 28.8 Å². The van der Waals surface area contributed by atoms with Crippen LogP contribution in [0.4, 0.5) is 0 Å². The number of carbonyl (C=O) groups excluding carboxylic acids is 1. The maximum atomic E-state index is 11.8. The minimum atomic E-state index is -0.400. The zero-order valence-electron chi connectivity index (χ0n) is 12.0. The zero-order chi connectivity index (χ0) is 14.8. The third-order valence-electron chi connectivity index (χ3n) is 3.40. The Morgan fingerprint density at radius 3 is 2.81 bits per heavy atom. The number of methoxy groups -OCH3 is 1. The van der Waals surface area contributed by atoms with Crippen LogP contribution in [-0.4, -0.2) is 29.2 Å². The molecule has 0 bridgehead atoms. The van der Waals surface area contributed by atoms with Crippen LogP contribution in [0.2, 0.25) is 0 Å². The van der Waals surface area contributed by atoms with Gasteiger partial charge in [-0.2, -0.15) is 0 Å². The zero-order valence-corrected chi connectivity index (χ0v) is 12.0. The predicted octanol–water partition coefficient (Wildman–Crippen LogP) is 2.97. The van der Waals surface area contributed by atoms with Gasteiger partial charge >= 0.3 is 5.97 Å². The molecular formula is C16H16N2O3. The van der Waals surface area contributed by atoms with Crippen molar-refractivity contribution in [2.24, 2.45) is 0 Å². The summed E-state index contributed by atoms with van der Waals surface area (Å²) in [7, 11) is 1.65. The first kappa shape index (κ1) is 13.6. The quantitative estimate of drug-likeness (QED) is 0.691. The molecule has 0 saturated heterocycles. The lowest BCUT2D eigenvalue weighted by Gasteiger charge is -2.05. The molecule has 0 aliphatic carbocycles. The first-order valence-electron chi connectivity index (χ1n) is 6.79. The lowest BCUT2D eigenvalue weighted by atomic mass is 10.1. The number of para-hydroxylation sites is 1. The number of hydrogen-bond donors (Lipinski definition) is 0. The second-order valence-electron chi connectivity index (χ2n) is 4.67. The minimum absolute atomic E-state index is 0.324. The average molecular weight is 284 g/mol. The van der Waals surface area contributed by atoms with Crippen molar-refractivity contribution in [2.75, 3.05) is 13.7 Å². The molecule has 2 aromatic heterocycles. The monoisotopic (exact) mass is 284 g/mol. The molecule has 0 spiro atoms. The molecule has 108 valence electrons. The topological polar surface area (TPSA) is 53.4 Å². The van der Waals surface area contributed by atoms with Crippen molar-refractivity contribution in [3.63, 3.8) is 0 Å². The van der Waals surface area contributed by atoms with Gasteiger partial charge < -0.3 is 14.0 Å². The fraction of sp³-hybridized carbons (Fsp3) is 0.250. The lowest BCUT2D eigenvalue weighted by molar-refractivity contribution is 0.0520. The van der Waals surface area contributed by atoms with Gasteiger partial charge in [0.15, 0.2) is 0 Å². The fourth-order valence-corrected chi connectivity index (χ4v) is 2.53. The van der Waals surface area contributed by atoms with E-state index in [1.54, 1.807) is 26.3 Å². The van der Waals surface area contributed by atoms with Crippen molar-refractivity contribution < 1.29 is 14.3 Å². The maximum absolute atomic E-state index is 11.8. The number of carbonyl (C=O) groups is 1. The Kier molecular flexibility index (Phi) is 3.58. The largest absolute Gasteiger partial charge is 0.461 e. The van der Waals surface area contributed by atoms with Crippen LogP contribution >= 0.6 is 0 Å². The van der Waals surface area contributed by atoms with Crippen LogP contribution in [0, 0.1) is 0 Å². The van der Waals surface area contributed by atoms with Gasteiger partial charge in [0.25, 0.3) is 0 Å². The number of rotatable bonds is 4. The van der Waals surface area contributed by atoms with Gasteiger partial charge in [-0.15, -0.1) is 0 Å². The number of esters is 1. The molecule has 0 aliphatic heterocycles. The number of aromatic nitrogens is 2. The summed E-state index contributed by atoms with van der Waals surface area (Å²) in [6.45, 7) is 2.55. The normalized spacial score (nSPS) is 11.1. The van der Waals surface area contributed by atoms with Gasteiger partial charge in [-0.05, 0) is 19.1 Å². The third-order valence-corrected chi connectivity index (χ3v) is 3.40. The van der Waals surface area contributed by atoms with Crippen LogP contribution in [0.5, 0.6) is 0 Å². The second-order valence-corrected chi connectivity index (χ2v) is 4.67. The molecule has 0 amide bonds. The Morgan fingerprint density at radius 1 is 1.24 bits per heavy atom. The minimum Gasteiger partial charge on any atom is -0.461 e. The molecule has 3 aromatic rings. The van der Waals surface area contributed by atoms with Crippen LogP contribution < -0.4 is 0 Å². The van der Waals surface area contributed by atoms with Crippen molar-refractivity contribution in [1.82, 2.24) is 9.55 Å². The summed E-state index contributed by atoms with van der Waals surface area (Å²) in [5.74, 6) is -0.400. The van der Waals surface area contributed by atoms with Gasteiger partial charge in [0.2, 0.25) is 0 Å². The third kappa shape index (κ3) is 2.25. The molecular weight excluding hydrogens is 268 g/mol. The molecule has 0 atom stereocenters. The molecule has 2 heterocycles. The molecule has 5 heteroatoms. The van der Waals surface area contributed by atoms with E-state index in [1.165, 1.54) is 0 Å². The van der Waals surface area contributed by atoms with Crippen LogP contribution in [0.15, 0.2) is 36.5 Å². The van der Waals surface area contributed by atoms with Crippen molar-refractivity contribution in [2.45, 2.75) is 13.7 Å². The van der Waals surface area contributed by atoms with Crippen molar-refractivity contribution in [1.29, 1.82) is 0 Å². The number of pyridine rings is 1. The fourth-order valence-electron chi connectivity index (χ4n) is 2.53. The Morgan fingerprint density at radius 2 is 2.05 bits per heavy atom. The highest BCUT2D eigenvalue weighted by Crippen LogP contribution is 2.29. The number of fused-ring (bicyclic) bond motifs is 3. The summed E-state index contributed by atoms with van der Waals surface area (Å²) < 4.78 is 12.3. The molecule has 0 unspecified atom stereocenters. The average Bonchev–Trinajstić information content (AvgIpc) is 2.82. The van der Waals surface area contributed by atoms with Gasteiger partial charge in [-0.25, -0.2) is 9.78 Å². The highest BCUT2D eigenvalue weighted by Gasteiger charge is 2.14. The van der Waals surface area contributed by atoms with E-state index in [0.717, 1.165) is 21.8 Å². The van der Waals surface area contributed by atoms with Gasteiger partial charge in [0, 0.05) is 17.9 Å². The predicted molar refractivity (Wildman–Crippen MR) is 80.2 cm³/mol. The lowest BCUT2D eigenvalue weighted by Crippen LogP contribution is -2.07. The number of hydrogen-bond acceptors (Lipinski definition) is 4. The summed E-state index contributed by atoms with van der Waals surface area (Å²) in [5, 5.41) is 2.04. The smallest absolute Gasteiger partial charge is 0.356 e. The van der Waals surface area contributed by atoms with Crippen LogP contribution in [0.3, 0.4) is 0 Å². The van der Waals surface area contributed by atoms with Crippen LogP contribution in [0.25, 0.3) is 21.8 Å². The van der Waals surface area contributed by atoms with E-state index < -0.39 is 5.97 Å². The second kappa shape index (κ2) is 5.54.